The van der Waals surface area contributed by atoms with E-state index in [9.17, 15) is 9.69 Å². The lowest BCUT2D eigenvalue weighted by molar-refractivity contribution is -0.275. The van der Waals surface area contributed by atoms with Gasteiger partial charge in [0.1, 0.15) is 8.60 Å². The molecule has 6 heteroatoms. The van der Waals surface area contributed by atoms with Gasteiger partial charge >= 0.3 is 5.97 Å². The molecule has 0 aromatic rings. The lowest BCUT2D eigenvalue weighted by Gasteiger charge is -2.21. The van der Waals surface area contributed by atoms with Crippen molar-refractivity contribution in [3.05, 3.63) is 12.7 Å². The summed E-state index contributed by atoms with van der Waals surface area (Å²) in [7, 11) is -2.40. The van der Waals surface area contributed by atoms with Crippen LogP contribution in [0.4, 0.5) is 0 Å². The lowest BCUT2D eigenvalue weighted by atomic mass is 10.5. The maximum atomic E-state index is 10.7. The van der Waals surface area contributed by atoms with Crippen molar-refractivity contribution in [1.82, 2.24) is 0 Å². The van der Waals surface area contributed by atoms with Crippen LogP contribution in [0.2, 0.25) is 0 Å². The molecule has 0 saturated carbocycles. The van der Waals surface area contributed by atoms with Crippen LogP contribution in [-0.2, 0) is 18.9 Å². The predicted molar refractivity (Wildman–Crippen MR) is 40.5 cm³/mol. The zero-order valence-corrected chi connectivity index (χ0v) is 7.74. The molecule has 0 N–H and O–H groups in total. The summed E-state index contributed by atoms with van der Waals surface area (Å²) in [6.07, 6.45) is 0.634. The molecule has 0 aromatic heterocycles. The van der Waals surface area contributed by atoms with Crippen molar-refractivity contribution < 1.29 is 23.8 Å². The third kappa shape index (κ3) is 6.24. The van der Waals surface area contributed by atoms with Gasteiger partial charge in [-0.1, -0.05) is 6.58 Å². The van der Waals surface area contributed by atoms with Crippen LogP contribution < -0.4 is 4.89 Å². The quantitative estimate of drug-likeness (QED) is 0.277. The highest BCUT2D eigenvalue weighted by Gasteiger charge is 2.02. The summed E-state index contributed by atoms with van der Waals surface area (Å²) in [5, 5.41) is 0. The molecule has 5 nitrogen and oxygen atoms in total. The average Bonchev–Trinajstić information content (AvgIpc) is 1.99. The van der Waals surface area contributed by atoms with Crippen LogP contribution in [0.5, 0.6) is 0 Å². The van der Waals surface area contributed by atoms with Crippen LogP contribution in [0.25, 0.3) is 0 Å². The topological polar surface area (TPSA) is 67.8 Å². The Labute approximate surface area is 71.9 Å². The standard InChI is InChI=1S/C6H10O5P/c1-4-6(7)9-11-12(8)10-5(2)3/h4-5H,1H2,2-3H3/q-1. The molecule has 0 rings (SSSR count). The molecule has 0 saturated heterocycles. The zero-order chi connectivity index (χ0) is 9.56. The van der Waals surface area contributed by atoms with Gasteiger partial charge in [-0.3, -0.25) is 4.89 Å². The van der Waals surface area contributed by atoms with E-state index in [1.54, 1.807) is 13.8 Å². The molecule has 0 heterocycles. The molecule has 12 heavy (non-hydrogen) atoms. The van der Waals surface area contributed by atoms with E-state index in [4.69, 9.17) is 0 Å². The summed E-state index contributed by atoms with van der Waals surface area (Å²) in [6, 6.07) is 0. The number of carbonyl (C=O) groups excluding carboxylic acids is 1. The second-order valence-electron chi connectivity index (χ2n) is 2.06. The molecule has 0 aromatic carbocycles. The molecule has 0 amide bonds. The Kier molecular flexibility index (Phi) is 5.84. The average molecular weight is 193 g/mol. The Morgan fingerprint density at radius 2 is 2.25 bits per heavy atom. The molecular weight excluding hydrogens is 183 g/mol. The molecule has 0 radical (unpaired) electrons. The molecule has 0 aliphatic carbocycles. The van der Waals surface area contributed by atoms with Gasteiger partial charge in [0.2, 0.25) is 0 Å². The molecule has 0 fully saturated rings. The van der Waals surface area contributed by atoms with Crippen LogP contribution in [0.3, 0.4) is 0 Å². The third-order valence-corrected chi connectivity index (χ3v) is 1.43. The van der Waals surface area contributed by atoms with E-state index in [0.717, 1.165) is 6.08 Å². The Morgan fingerprint density at radius 1 is 1.67 bits per heavy atom. The first-order valence-electron chi connectivity index (χ1n) is 3.21. The van der Waals surface area contributed by atoms with Gasteiger partial charge in [-0.2, -0.15) is 4.67 Å². The van der Waals surface area contributed by atoms with Gasteiger partial charge in [-0.25, -0.2) is 4.79 Å². The Balaban J connectivity index is 3.49. The maximum absolute atomic E-state index is 10.7. The first kappa shape index (κ1) is 11.5. The predicted octanol–water partition coefficient (Wildman–Crippen LogP) is 0.659. The second-order valence-corrected chi connectivity index (χ2v) is 2.87. The van der Waals surface area contributed by atoms with Gasteiger partial charge in [0.05, 0.1) is 6.10 Å². The SMILES string of the molecule is C=CC(=O)OOP([O-])OC(C)C. The summed E-state index contributed by atoms with van der Waals surface area (Å²) in [5.74, 6) is -0.814. The van der Waals surface area contributed by atoms with E-state index in [0.29, 0.717) is 0 Å². The van der Waals surface area contributed by atoms with Gasteiger partial charge in [0.25, 0.3) is 0 Å². The normalized spacial score (nSPS) is 12.7. The highest BCUT2D eigenvalue weighted by molar-refractivity contribution is 7.38. The molecule has 70 valence electrons. The van der Waals surface area contributed by atoms with Crippen molar-refractivity contribution in [3.63, 3.8) is 0 Å². The molecule has 0 aliphatic heterocycles. The van der Waals surface area contributed by atoms with Gasteiger partial charge in [-0.05, 0) is 13.8 Å². The molecule has 1 atom stereocenters. The first-order valence-corrected chi connectivity index (χ1v) is 4.31. The fourth-order valence-corrected chi connectivity index (χ4v) is 0.805. The Bertz CT molecular complexity index is 158. The fourth-order valence-electron chi connectivity index (χ4n) is 0.291. The lowest BCUT2D eigenvalue weighted by Crippen LogP contribution is -2.10. The summed E-state index contributed by atoms with van der Waals surface area (Å²) in [6.45, 7) is 6.45. The monoisotopic (exact) mass is 193 g/mol. The minimum Gasteiger partial charge on any atom is -0.783 e. The first-order chi connectivity index (χ1) is 5.56. The molecule has 1 unspecified atom stereocenters. The summed E-state index contributed by atoms with van der Waals surface area (Å²) in [5.41, 5.74) is 0. The zero-order valence-electron chi connectivity index (χ0n) is 6.85. The van der Waals surface area contributed by atoms with Crippen molar-refractivity contribution >= 4 is 14.6 Å². The van der Waals surface area contributed by atoms with Gasteiger partial charge in [0, 0.05) is 6.08 Å². The van der Waals surface area contributed by atoms with Crippen LogP contribution in [0.15, 0.2) is 12.7 Å². The number of hydrogen-bond donors (Lipinski definition) is 0. The smallest absolute Gasteiger partial charge is 0.365 e. The van der Waals surface area contributed by atoms with Crippen molar-refractivity contribution in [2.75, 3.05) is 0 Å². The van der Waals surface area contributed by atoms with E-state index < -0.39 is 14.6 Å². The molecule has 0 aliphatic rings. The largest absolute Gasteiger partial charge is 0.783 e. The minimum atomic E-state index is -2.40. The van der Waals surface area contributed by atoms with Crippen molar-refractivity contribution in [1.29, 1.82) is 0 Å². The maximum Gasteiger partial charge on any atom is 0.365 e. The highest BCUT2D eigenvalue weighted by Crippen LogP contribution is 2.29. The van der Waals surface area contributed by atoms with E-state index in [1.165, 1.54) is 0 Å². The van der Waals surface area contributed by atoms with Crippen molar-refractivity contribution in [2.45, 2.75) is 20.0 Å². The van der Waals surface area contributed by atoms with Crippen LogP contribution in [0, 0.1) is 0 Å². The van der Waals surface area contributed by atoms with Crippen molar-refractivity contribution in [3.8, 4) is 0 Å². The molecule has 0 bridgehead atoms. The Hall–Kier alpha value is -0.480. The highest BCUT2D eigenvalue weighted by atomic mass is 31.2. The van der Waals surface area contributed by atoms with E-state index >= 15 is 0 Å². The van der Waals surface area contributed by atoms with E-state index in [-0.39, 0.29) is 6.10 Å². The minimum absolute atomic E-state index is 0.254. The van der Waals surface area contributed by atoms with Gasteiger partial charge in [0.15, 0.2) is 0 Å². The third-order valence-electron chi connectivity index (χ3n) is 0.644. The van der Waals surface area contributed by atoms with Crippen molar-refractivity contribution in [2.24, 2.45) is 0 Å². The number of hydrogen-bond acceptors (Lipinski definition) is 5. The van der Waals surface area contributed by atoms with Crippen LogP contribution in [0.1, 0.15) is 13.8 Å². The Morgan fingerprint density at radius 3 is 2.67 bits per heavy atom. The summed E-state index contributed by atoms with van der Waals surface area (Å²) < 4.78 is 8.69. The second kappa shape index (κ2) is 6.08. The van der Waals surface area contributed by atoms with Crippen LogP contribution in [-0.4, -0.2) is 12.1 Å². The number of rotatable bonds is 5. The van der Waals surface area contributed by atoms with Gasteiger partial charge < -0.3 is 9.42 Å². The molecule has 0 spiro atoms. The van der Waals surface area contributed by atoms with Crippen LogP contribution >= 0.6 is 8.60 Å². The van der Waals surface area contributed by atoms with E-state index in [2.05, 4.69) is 20.7 Å². The van der Waals surface area contributed by atoms with E-state index in [1.807, 2.05) is 0 Å². The molecular formula is C6H10O5P-. The summed E-state index contributed by atoms with van der Waals surface area (Å²) >= 11 is 0. The number of carbonyl (C=O) groups is 1. The summed E-state index contributed by atoms with van der Waals surface area (Å²) in [4.78, 5) is 25.0. The van der Waals surface area contributed by atoms with Gasteiger partial charge in [-0.15, -0.1) is 0 Å². The fraction of sp³-hybridized carbons (Fsp3) is 0.500.